The summed E-state index contributed by atoms with van der Waals surface area (Å²) in [4.78, 5) is 0. The predicted octanol–water partition coefficient (Wildman–Crippen LogP) is 4.14. The second-order valence-corrected chi connectivity index (χ2v) is 5.26. The molecule has 0 saturated carbocycles. The third-order valence-electron chi connectivity index (χ3n) is 3.28. The van der Waals surface area contributed by atoms with Crippen LogP contribution in [0.2, 0.25) is 5.02 Å². The molecule has 0 N–H and O–H groups in total. The second kappa shape index (κ2) is 3.57. The van der Waals surface area contributed by atoms with Gasteiger partial charge in [0.25, 0.3) is 0 Å². The van der Waals surface area contributed by atoms with Gasteiger partial charge in [-0.3, -0.25) is 0 Å². The number of fused-ring (bicyclic) bond motifs is 1. The first-order valence-corrected chi connectivity index (χ1v) is 5.93. The van der Waals surface area contributed by atoms with Crippen molar-refractivity contribution in [2.75, 3.05) is 0 Å². The van der Waals surface area contributed by atoms with E-state index in [4.69, 9.17) is 27.9 Å². The average Bonchev–Trinajstić information content (AvgIpc) is 2.39. The van der Waals surface area contributed by atoms with Crippen LogP contribution in [0.1, 0.15) is 31.9 Å². The monoisotopic (exact) mass is 244 g/mol. The number of ether oxygens (including phenoxy) is 1. The van der Waals surface area contributed by atoms with Crippen molar-refractivity contribution in [2.24, 2.45) is 0 Å². The van der Waals surface area contributed by atoms with Crippen LogP contribution in [0, 0.1) is 0 Å². The molecule has 1 aliphatic rings. The van der Waals surface area contributed by atoms with Crippen LogP contribution in [0.25, 0.3) is 0 Å². The first kappa shape index (κ1) is 11.1. The highest BCUT2D eigenvalue weighted by Crippen LogP contribution is 2.46. The van der Waals surface area contributed by atoms with Crippen LogP contribution < -0.4 is 4.74 Å². The molecule has 0 amide bonds. The molecule has 1 heterocycles. The Bertz CT molecular complexity index is 399. The number of hydrogen-bond acceptors (Lipinski definition) is 1. The Morgan fingerprint density at radius 1 is 1.40 bits per heavy atom. The minimum atomic E-state index is 0.00103. The summed E-state index contributed by atoms with van der Waals surface area (Å²) >= 11 is 12.0. The van der Waals surface area contributed by atoms with E-state index < -0.39 is 0 Å². The first-order chi connectivity index (χ1) is 6.96. The van der Waals surface area contributed by atoms with E-state index in [-0.39, 0.29) is 11.5 Å². The molecule has 1 unspecified atom stereocenters. The molecule has 3 heteroatoms. The maximum Gasteiger partial charge on any atom is 0.128 e. The van der Waals surface area contributed by atoms with Crippen LogP contribution in [0.3, 0.4) is 0 Å². The molecule has 15 heavy (non-hydrogen) atoms. The number of rotatable bonds is 1. The number of hydrogen-bond donors (Lipinski definition) is 0. The van der Waals surface area contributed by atoms with Gasteiger partial charge in [0, 0.05) is 21.6 Å². The normalized spacial score (nSPS) is 22.3. The molecule has 0 spiro atoms. The van der Waals surface area contributed by atoms with Crippen LogP contribution in [0.4, 0.5) is 0 Å². The second-order valence-electron chi connectivity index (χ2n) is 4.56. The molecule has 0 aliphatic carbocycles. The Balaban J connectivity index is 2.63. The van der Waals surface area contributed by atoms with E-state index in [1.165, 1.54) is 0 Å². The lowest BCUT2D eigenvalue weighted by atomic mass is 9.81. The maximum absolute atomic E-state index is 6.07. The van der Waals surface area contributed by atoms with E-state index in [2.05, 4.69) is 20.8 Å². The van der Waals surface area contributed by atoms with Crippen molar-refractivity contribution in [1.82, 2.24) is 0 Å². The van der Waals surface area contributed by atoms with Crippen molar-refractivity contribution in [2.45, 2.75) is 38.2 Å². The molecule has 1 nitrogen and oxygen atoms in total. The van der Waals surface area contributed by atoms with Gasteiger partial charge in [-0.1, -0.05) is 25.4 Å². The summed E-state index contributed by atoms with van der Waals surface area (Å²) in [6, 6.07) is 3.86. The summed E-state index contributed by atoms with van der Waals surface area (Å²) in [6.07, 6.45) is 0.160. The Hall–Kier alpha value is -0.400. The van der Waals surface area contributed by atoms with E-state index in [0.717, 1.165) is 21.9 Å². The third-order valence-corrected chi connectivity index (χ3v) is 3.79. The summed E-state index contributed by atoms with van der Waals surface area (Å²) < 4.78 is 5.86. The molecule has 0 fully saturated rings. The zero-order valence-electron chi connectivity index (χ0n) is 9.10. The van der Waals surface area contributed by atoms with Gasteiger partial charge in [-0.25, -0.2) is 0 Å². The van der Waals surface area contributed by atoms with Gasteiger partial charge in [-0.05, 0) is 19.1 Å². The molecule has 2 rings (SSSR count). The highest BCUT2D eigenvalue weighted by molar-refractivity contribution is 6.31. The van der Waals surface area contributed by atoms with Gasteiger partial charge in [0.1, 0.15) is 11.9 Å². The van der Waals surface area contributed by atoms with Crippen molar-refractivity contribution in [3.63, 3.8) is 0 Å². The maximum atomic E-state index is 6.07. The fourth-order valence-electron chi connectivity index (χ4n) is 1.91. The lowest BCUT2D eigenvalue weighted by Gasteiger charge is -2.22. The molecule has 1 atom stereocenters. The van der Waals surface area contributed by atoms with Gasteiger partial charge in [0.15, 0.2) is 0 Å². The lowest BCUT2D eigenvalue weighted by Crippen LogP contribution is -2.28. The van der Waals surface area contributed by atoms with E-state index in [1.54, 1.807) is 0 Å². The average molecular weight is 245 g/mol. The molecule has 82 valence electrons. The largest absolute Gasteiger partial charge is 0.489 e. The smallest absolute Gasteiger partial charge is 0.128 e. The molecule has 1 aromatic rings. The summed E-state index contributed by atoms with van der Waals surface area (Å²) in [7, 11) is 0. The Morgan fingerprint density at radius 2 is 2.07 bits per heavy atom. The van der Waals surface area contributed by atoms with Crippen molar-refractivity contribution in [3.05, 3.63) is 28.3 Å². The van der Waals surface area contributed by atoms with E-state index in [9.17, 15) is 0 Å². The van der Waals surface area contributed by atoms with Gasteiger partial charge >= 0.3 is 0 Å². The van der Waals surface area contributed by atoms with Crippen LogP contribution in [-0.4, -0.2) is 6.10 Å². The standard InChI is InChI=1S/C12H14Cl2O/c1-7-12(2,3)10-5-9(14)4-8(6-13)11(10)15-7/h4-5,7H,6H2,1-3H3. The molecule has 0 saturated heterocycles. The summed E-state index contributed by atoms with van der Waals surface area (Å²) in [5, 5.41) is 0.732. The van der Waals surface area contributed by atoms with Crippen molar-refractivity contribution in [1.29, 1.82) is 0 Å². The fraction of sp³-hybridized carbons (Fsp3) is 0.500. The minimum Gasteiger partial charge on any atom is -0.489 e. The van der Waals surface area contributed by atoms with Crippen LogP contribution in [-0.2, 0) is 11.3 Å². The molecule has 0 bridgehead atoms. The summed E-state index contributed by atoms with van der Waals surface area (Å²) in [6.45, 7) is 6.40. The molecule has 1 aliphatic heterocycles. The first-order valence-electron chi connectivity index (χ1n) is 5.02. The topological polar surface area (TPSA) is 9.23 Å². The SMILES string of the molecule is CC1Oc2c(CCl)cc(Cl)cc2C1(C)C. The lowest BCUT2D eigenvalue weighted by molar-refractivity contribution is 0.185. The van der Waals surface area contributed by atoms with E-state index >= 15 is 0 Å². The van der Waals surface area contributed by atoms with Gasteiger partial charge < -0.3 is 4.74 Å². The van der Waals surface area contributed by atoms with Crippen LogP contribution in [0.15, 0.2) is 12.1 Å². The quantitative estimate of drug-likeness (QED) is 0.675. The molecule has 1 aromatic carbocycles. The number of alkyl halides is 1. The van der Waals surface area contributed by atoms with Crippen LogP contribution in [0.5, 0.6) is 5.75 Å². The molecule has 0 radical (unpaired) electrons. The highest BCUT2D eigenvalue weighted by atomic mass is 35.5. The molecule has 0 aromatic heterocycles. The van der Waals surface area contributed by atoms with Gasteiger partial charge in [-0.15, -0.1) is 11.6 Å². The highest BCUT2D eigenvalue weighted by Gasteiger charge is 2.39. The fourth-order valence-corrected chi connectivity index (χ4v) is 2.35. The van der Waals surface area contributed by atoms with Gasteiger partial charge in [-0.2, -0.15) is 0 Å². The Kier molecular flexibility index (Phi) is 2.64. The van der Waals surface area contributed by atoms with Crippen molar-refractivity contribution < 1.29 is 4.74 Å². The van der Waals surface area contributed by atoms with Crippen molar-refractivity contribution in [3.8, 4) is 5.75 Å². The zero-order valence-corrected chi connectivity index (χ0v) is 10.6. The van der Waals surface area contributed by atoms with E-state index in [0.29, 0.717) is 5.88 Å². The number of benzene rings is 1. The molecular formula is C12H14Cl2O. The number of halogens is 2. The summed E-state index contributed by atoms with van der Waals surface area (Å²) in [5.74, 6) is 1.36. The summed E-state index contributed by atoms with van der Waals surface area (Å²) in [5.41, 5.74) is 2.15. The Labute approximate surface area is 100 Å². The predicted molar refractivity (Wildman–Crippen MR) is 64.1 cm³/mol. The van der Waals surface area contributed by atoms with E-state index in [1.807, 2.05) is 12.1 Å². The van der Waals surface area contributed by atoms with Gasteiger partial charge in [0.05, 0.1) is 5.88 Å². The third kappa shape index (κ3) is 1.62. The van der Waals surface area contributed by atoms with Crippen LogP contribution >= 0.6 is 23.2 Å². The Morgan fingerprint density at radius 3 is 2.67 bits per heavy atom. The minimum absolute atomic E-state index is 0.00103. The van der Waals surface area contributed by atoms with Crippen molar-refractivity contribution >= 4 is 23.2 Å². The zero-order chi connectivity index (χ0) is 11.2. The molecular weight excluding hydrogens is 231 g/mol. The van der Waals surface area contributed by atoms with Gasteiger partial charge in [0.2, 0.25) is 0 Å².